The molecule has 0 bridgehead atoms. The number of nitrogens with zero attached hydrogens (tertiary/aromatic N) is 2. The molecule has 2 nitrogen and oxygen atoms in total. The summed E-state index contributed by atoms with van der Waals surface area (Å²) in [6.07, 6.45) is 0. The Balaban J connectivity index is 1.43. The molecule has 0 aliphatic carbocycles. The first kappa shape index (κ1) is 39.2. The zero-order valence-corrected chi connectivity index (χ0v) is 30.4. The zero-order chi connectivity index (χ0) is 40.0. The van der Waals surface area contributed by atoms with E-state index in [2.05, 4.69) is 0 Å². The van der Waals surface area contributed by atoms with Gasteiger partial charge in [0.1, 0.15) is 94.2 Å². The highest BCUT2D eigenvalue weighted by atomic mass is 15.1. The fraction of sp³-hybridized carbons (Fsp3) is 0. The third-order valence-corrected chi connectivity index (χ3v) is 9.92. The Morgan fingerprint density at radius 2 is 0.375 bits per heavy atom. The van der Waals surface area contributed by atoms with Crippen molar-refractivity contribution in [2.24, 2.45) is 0 Å². The van der Waals surface area contributed by atoms with Crippen LogP contribution in [0.3, 0.4) is 0 Å². The minimum atomic E-state index is -0.0326. The van der Waals surface area contributed by atoms with Gasteiger partial charge < -0.3 is 9.80 Å². The van der Waals surface area contributed by atoms with Crippen LogP contribution in [0.1, 0.15) is 0 Å². The summed E-state index contributed by atoms with van der Waals surface area (Å²) in [5.74, 6) is 0. The molecule has 7 aromatic carbocycles. The smallest absolute Gasteiger partial charge is 0.115 e. The first-order chi connectivity index (χ1) is 26.9. The molecule has 0 amide bonds. The molecule has 0 unspecified atom stereocenters. The second-order valence-corrected chi connectivity index (χ2v) is 13.2. The van der Waals surface area contributed by atoms with Gasteiger partial charge in [0.15, 0.2) is 0 Å². The van der Waals surface area contributed by atoms with Gasteiger partial charge in [0.2, 0.25) is 0 Å². The summed E-state index contributed by atoms with van der Waals surface area (Å²) in [5, 5.41) is 0. The summed E-state index contributed by atoms with van der Waals surface area (Å²) in [4.78, 5) is 3.72. The summed E-state index contributed by atoms with van der Waals surface area (Å²) in [6, 6.07) is 38.0. The normalized spacial score (nSPS) is 11.0. The molecule has 0 saturated heterocycles. The summed E-state index contributed by atoms with van der Waals surface area (Å²) in [5.41, 5.74) is 4.86. The Bertz CT molecular complexity index is 2260. The third kappa shape index (κ3) is 6.55. The lowest BCUT2D eigenvalue weighted by Crippen LogP contribution is -2.53. The molecule has 0 aromatic heterocycles. The number of rotatable bonds is 8. The van der Waals surface area contributed by atoms with Crippen molar-refractivity contribution < 1.29 is 0 Å². The second-order valence-electron chi connectivity index (χ2n) is 13.2. The summed E-state index contributed by atoms with van der Waals surface area (Å²) in [7, 11) is 82.1. The highest BCUT2D eigenvalue weighted by Gasteiger charge is 2.27. The monoisotopic (exact) mass is 684 g/mol. The average molecular weight is 682 g/mol. The van der Waals surface area contributed by atoms with Gasteiger partial charge in [-0.05, 0) is 70.8 Å². The molecule has 0 fully saturated rings. The number of hydrogen-bond donors (Lipinski definition) is 0. The molecule has 0 aliphatic heterocycles. The van der Waals surface area contributed by atoms with Gasteiger partial charge in [0.25, 0.3) is 0 Å². The van der Waals surface area contributed by atoms with E-state index in [1.54, 1.807) is 0 Å². The fourth-order valence-corrected chi connectivity index (χ4v) is 7.14. The lowest BCUT2D eigenvalue weighted by Gasteiger charge is -2.35. The zero-order valence-electron chi connectivity index (χ0n) is 30.4. The molecule has 0 heterocycles. The van der Waals surface area contributed by atoms with E-state index < -0.39 is 0 Å². The Morgan fingerprint density at radius 3 is 0.554 bits per heavy atom. The minimum absolute atomic E-state index is 0.0326. The Morgan fingerprint density at radius 1 is 0.214 bits per heavy atom. The molecule has 0 atom stereocenters. The van der Waals surface area contributed by atoms with E-state index in [9.17, 15) is 0 Å². The van der Waals surface area contributed by atoms with Crippen LogP contribution < -0.4 is 75.4 Å². The molecule has 0 N–H and O–H groups in total. The predicted molar refractivity (Wildman–Crippen MR) is 251 cm³/mol. The number of hydrogen-bond acceptors (Lipinski definition) is 2. The van der Waals surface area contributed by atoms with Gasteiger partial charge in [0.05, 0.1) is 0 Å². The van der Waals surface area contributed by atoms with Crippen LogP contribution in [0.15, 0.2) is 121 Å². The van der Waals surface area contributed by atoms with Gasteiger partial charge in [-0.2, -0.15) is 0 Å². The molecular formula is C42H20B12N2. The third-order valence-electron chi connectivity index (χ3n) is 9.92. The van der Waals surface area contributed by atoms with E-state index in [1.807, 2.05) is 131 Å². The minimum Gasteiger partial charge on any atom is -0.312 e. The maximum Gasteiger partial charge on any atom is 0.115 e. The molecule has 24 radical (unpaired) electrons. The van der Waals surface area contributed by atoms with Crippen molar-refractivity contribution in [2.45, 2.75) is 0 Å². The average Bonchev–Trinajstić information content (AvgIpc) is 3.22. The molecule has 0 saturated carbocycles. The van der Waals surface area contributed by atoms with E-state index in [0.717, 1.165) is 22.7 Å². The standard InChI is InChI=1S/C42H20B12N2/c43-29-25(27-33(47)37(51)41(38(52)34(27)48)55(21-13-5-1-6-14-21)22-15-7-2-8-16-22)30(44)32(46)26(31(29)45)28-35(49)39(53)42(40(54)36(28)50)56(23-17-9-3-10-18-23)24-19-11-4-12-20-24/h1-20H. The molecule has 7 aromatic rings. The maximum absolute atomic E-state index is 6.85. The topological polar surface area (TPSA) is 6.48 Å². The summed E-state index contributed by atoms with van der Waals surface area (Å²) < 4.78 is 0. The van der Waals surface area contributed by atoms with Crippen LogP contribution in [0.25, 0.3) is 22.3 Å². The van der Waals surface area contributed by atoms with E-state index in [1.165, 1.54) is 0 Å². The van der Waals surface area contributed by atoms with E-state index >= 15 is 0 Å². The molecule has 0 spiro atoms. The van der Waals surface area contributed by atoms with Crippen LogP contribution in [-0.2, 0) is 0 Å². The lowest BCUT2D eigenvalue weighted by molar-refractivity contribution is 1.31. The molecule has 14 heteroatoms. The van der Waals surface area contributed by atoms with Crippen molar-refractivity contribution in [2.75, 3.05) is 9.80 Å². The molecule has 7 rings (SSSR count). The van der Waals surface area contributed by atoms with Crippen molar-refractivity contribution in [3.05, 3.63) is 121 Å². The van der Waals surface area contributed by atoms with E-state index in [0.29, 0.717) is 11.4 Å². The highest BCUT2D eigenvalue weighted by molar-refractivity contribution is 6.69. The predicted octanol–water partition coefficient (Wildman–Crippen LogP) is -2.51. The first-order valence-corrected chi connectivity index (χ1v) is 17.4. The van der Waals surface area contributed by atoms with Crippen LogP contribution in [0.4, 0.5) is 34.1 Å². The second kappa shape index (κ2) is 15.8. The Hall–Kier alpha value is -5.08. The van der Waals surface area contributed by atoms with Crippen LogP contribution in [-0.4, -0.2) is 94.2 Å². The molecule has 56 heavy (non-hydrogen) atoms. The molecule has 234 valence electrons. The van der Waals surface area contributed by atoms with Gasteiger partial charge in [-0.25, -0.2) is 0 Å². The number of para-hydroxylation sites is 4. The Labute approximate surface area is 345 Å². The number of benzene rings is 7. The molecular weight excluding hydrogens is 662 g/mol. The highest BCUT2D eigenvalue weighted by Crippen LogP contribution is 2.33. The van der Waals surface area contributed by atoms with Crippen molar-refractivity contribution in [3.63, 3.8) is 0 Å². The summed E-state index contributed by atoms with van der Waals surface area (Å²) in [6.45, 7) is 0. The van der Waals surface area contributed by atoms with Gasteiger partial charge in [0, 0.05) is 34.1 Å². The first-order valence-electron chi connectivity index (χ1n) is 17.4. The number of anilines is 6. The van der Waals surface area contributed by atoms with Crippen molar-refractivity contribution in [1.29, 1.82) is 0 Å². The van der Waals surface area contributed by atoms with Gasteiger partial charge in [-0.15, -0.1) is 0 Å². The van der Waals surface area contributed by atoms with E-state index in [-0.39, 0.29) is 87.8 Å². The largest absolute Gasteiger partial charge is 0.312 e. The van der Waals surface area contributed by atoms with Crippen LogP contribution in [0.5, 0.6) is 0 Å². The Kier molecular flexibility index (Phi) is 11.1. The summed E-state index contributed by atoms with van der Waals surface area (Å²) >= 11 is 0. The van der Waals surface area contributed by atoms with Crippen LogP contribution >= 0.6 is 0 Å². The quantitative estimate of drug-likeness (QED) is 0.164. The molecule has 0 aliphatic rings. The van der Waals surface area contributed by atoms with Gasteiger partial charge in [-0.3, -0.25) is 0 Å². The van der Waals surface area contributed by atoms with Gasteiger partial charge in [-0.1, -0.05) is 138 Å². The van der Waals surface area contributed by atoms with Crippen LogP contribution in [0.2, 0.25) is 0 Å². The van der Waals surface area contributed by atoms with Crippen LogP contribution in [0, 0.1) is 0 Å². The van der Waals surface area contributed by atoms with Crippen molar-refractivity contribution in [1.82, 2.24) is 0 Å². The van der Waals surface area contributed by atoms with Gasteiger partial charge >= 0.3 is 0 Å². The van der Waals surface area contributed by atoms with Crippen molar-refractivity contribution in [3.8, 4) is 22.3 Å². The lowest BCUT2D eigenvalue weighted by atomic mass is 9.56. The van der Waals surface area contributed by atoms with E-state index in [4.69, 9.17) is 94.2 Å². The SMILES string of the molecule is [B]c1c([B])c(-c2c([B])c([B])c(N(c3ccccc3)c3ccccc3)c([B])c2[B])c([B])c([B])c1-c1c([B])c([B])c(N(c2ccccc2)c2ccccc2)c([B])c1[B]. The maximum atomic E-state index is 6.85. The van der Waals surface area contributed by atoms with Crippen molar-refractivity contribution >= 4 is 194 Å². The fourth-order valence-electron chi connectivity index (χ4n) is 7.14.